The predicted octanol–water partition coefficient (Wildman–Crippen LogP) is -4.89. The van der Waals surface area contributed by atoms with E-state index >= 15 is 0 Å². The Morgan fingerprint density at radius 1 is 0.870 bits per heavy atom. The Morgan fingerprint density at radius 3 is 1.74 bits per heavy atom. The molecule has 0 radical (unpaired) electrons. The van der Waals surface area contributed by atoms with Gasteiger partial charge in [-0.1, -0.05) is 0 Å². The second kappa shape index (κ2) is 9.32. The molecule has 0 aliphatic heterocycles. The fourth-order valence-corrected chi connectivity index (χ4v) is 1.46. The highest BCUT2D eigenvalue weighted by atomic mass is 16.4. The van der Waals surface area contributed by atoms with E-state index in [4.69, 9.17) is 27.4 Å². The molecule has 0 aromatic rings. The van der Waals surface area contributed by atoms with Gasteiger partial charge >= 0.3 is 5.97 Å². The molecule has 12 nitrogen and oxygen atoms in total. The number of hydrogen-bond acceptors (Lipinski definition) is 7. The number of aliphatic hydroxyl groups excluding tert-OH is 1. The Bertz CT molecular complexity index is 495. The van der Waals surface area contributed by atoms with E-state index in [1.165, 1.54) is 0 Å². The van der Waals surface area contributed by atoms with Crippen LogP contribution in [0, 0.1) is 0 Å². The molecule has 0 saturated carbocycles. The monoisotopic (exact) mass is 333 g/mol. The molecule has 12 heteroatoms. The van der Waals surface area contributed by atoms with Gasteiger partial charge in [0.2, 0.25) is 23.6 Å². The van der Waals surface area contributed by atoms with Gasteiger partial charge in [-0.3, -0.25) is 19.2 Å². The number of nitrogens with two attached hydrogens (primary N) is 3. The second-order valence-corrected chi connectivity index (χ2v) is 4.59. The molecule has 0 unspecified atom stereocenters. The summed E-state index contributed by atoms with van der Waals surface area (Å²) >= 11 is 0. The number of primary amides is 2. The molecule has 0 aliphatic carbocycles. The average molecular weight is 333 g/mol. The Morgan fingerprint density at radius 2 is 1.35 bits per heavy atom. The molecule has 0 heterocycles. The fraction of sp³-hybridized carbons (Fsp3) is 0.545. The van der Waals surface area contributed by atoms with Crippen LogP contribution in [0.4, 0.5) is 0 Å². The lowest BCUT2D eigenvalue weighted by atomic mass is 10.1. The summed E-state index contributed by atoms with van der Waals surface area (Å²) in [5.41, 5.74) is 15.2. The van der Waals surface area contributed by atoms with Gasteiger partial charge < -0.3 is 38.0 Å². The van der Waals surface area contributed by atoms with Crippen molar-refractivity contribution in [3.8, 4) is 0 Å². The van der Waals surface area contributed by atoms with Crippen molar-refractivity contribution in [2.45, 2.75) is 31.0 Å². The zero-order chi connectivity index (χ0) is 18.2. The molecule has 0 aliphatic rings. The summed E-state index contributed by atoms with van der Waals surface area (Å²) in [5, 5.41) is 21.5. The van der Waals surface area contributed by atoms with Crippen LogP contribution in [0.3, 0.4) is 0 Å². The van der Waals surface area contributed by atoms with Crippen LogP contribution in [0.1, 0.15) is 12.8 Å². The lowest BCUT2D eigenvalue weighted by Gasteiger charge is -2.21. The molecule has 0 fully saturated rings. The zero-order valence-electron chi connectivity index (χ0n) is 12.0. The minimum Gasteiger partial charge on any atom is -0.480 e. The van der Waals surface area contributed by atoms with Gasteiger partial charge in [0.1, 0.15) is 12.1 Å². The van der Waals surface area contributed by atoms with Crippen molar-refractivity contribution in [1.29, 1.82) is 0 Å². The normalized spacial score (nSPS) is 14.2. The van der Waals surface area contributed by atoms with Crippen LogP contribution in [-0.4, -0.2) is 64.5 Å². The molecule has 0 aromatic carbocycles. The number of aliphatic carboxylic acids is 1. The molecule has 130 valence electrons. The zero-order valence-corrected chi connectivity index (χ0v) is 12.0. The van der Waals surface area contributed by atoms with Crippen molar-refractivity contribution >= 4 is 29.6 Å². The van der Waals surface area contributed by atoms with Crippen molar-refractivity contribution in [3.63, 3.8) is 0 Å². The molecular weight excluding hydrogens is 314 g/mol. The Kier molecular flexibility index (Phi) is 8.21. The van der Waals surface area contributed by atoms with E-state index in [9.17, 15) is 24.0 Å². The van der Waals surface area contributed by atoms with E-state index in [0.29, 0.717) is 0 Å². The summed E-state index contributed by atoms with van der Waals surface area (Å²) < 4.78 is 0. The van der Waals surface area contributed by atoms with Gasteiger partial charge in [-0.05, 0) is 0 Å². The highest BCUT2D eigenvalue weighted by Crippen LogP contribution is 1.97. The fourth-order valence-electron chi connectivity index (χ4n) is 1.46. The minimum absolute atomic E-state index is 0.495. The van der Waals surface area contributed by atoms with Crippen LogP contribution in [0.2, 0.25) is 0 Å². The highest BCUT2D eigenvalue weighted by Gasteiger charge is 2.29. The van der Waals surface area contributed by atoms with E-state index in [1.54, 1.807) is 0 Å². The standard InChI is InChI=1S/C11H19N5O7/c12-4(1-7(13)18)9(20)15-5(2-8(14)19)10(21)16-6(3-17)11(22)23/h4-6,17H,1-3,12H2,(H2,13,18)(H2,14,19)(H,15,20)(H,16,21)(H,22,23)/t4-,5-,6-/m0/s1. The lowest BCUT2D eigenvalue weighted by Crippen LogP contribution is -2.56. The van der Waals surface area contributed by atoms with Crippen LogP contribution in [0.15, 0.2) is 0 Å². The van der Waals surface area contributed by atoms with Gasteiger partial charge in [0.25, 0.3) is 0 Å². The van der Waals surface area contributed by atoms with Gasteiger partial charge in [0.15, 0.2) is 0 Å². The number of nitrogens with one attached hydrogen (secondary N) is 2. The number of carbonyl (C=O) groups is 5. The maximum atomic E-state index is 11.9. The third kappa shape index (κ3) is 7.73. The lowest BCUT2D eigenvalue weighted by molar-refractivity contribution is -0.143. The largest absolute Gasteiger partial charge is 0.480 e. The van der Waals surface area contributed by atoms with E-state index in [1.807, 2.05) is 5.32 Å². The van der Waals surface area contributed by atoms with Crippen molar-refractivity contribution < 1.29 is 34.2 Å². The number of carbonyl (C=O) groups excluding carboxylic acids is 4. The Hall–Kier alpha value is -2.73. The number of rotatable bonds is 10. The van der Waals surface area contributed by atoms with Gasteiger partial charge in [-0.25, -0.2) is 4.79 Å². The van der Waals surface area contributed by atoms with Gasteiger partial charge in [-0.15, -0.1) is 0 Å². The highest BCUT2D eigenvalue weighted by molar-refractivity contribution is 5.95. The summed E-state index contributed by atoms with van der Waals surface area (Å²) in [7, 11) is 0. The third-order valence-electron chi connectivity index (χ3n) is 2.59. The molecule has 10 N–H and O–H groups in total. The average Bonchev–Trinajstić information content (AvgIpc) is 2.41. The molecule has 0 aromatic heterocycles. The summed E-state index contributed by atoms with van der Waals surface area (Å²) in [6.07, 6.45) is -1.14. The molecule has 4 amide bonds. The molecule has 0 spiro atoms. The van der Waals surface area contributed by atoms with Crippen molar-refractivity contribution in [2.24, 2.45) is 17.2 Å². The molecular formula is C11H19N5O7. The summed E-state index contributed by atoms with van der Waals surface area (Å²) in [4.78, 5) is 56.0. The molecule has 0 bridgehead atoms. The number of aliphatic hydroxyl groups is 1. The second-order valence-electron chi connectivity index (χ2n) is 4.59. The first kappa shape index (κ1) is 20.3. The summed E-state index contributed by atoms with van der Waals surface area (Å²) in [6, 6.07) is -4.51. The van der Waals surface area contributed by atoms with E-state index < -0.39 is 67.2 Å². The van der Waals surface area contributed by atoms with Gasteiger partial charge in [-0.2, -0.15) is 0 Å². The van der Waals surface area contributed by atoms with Crippen LogP contribution >= 0.6 is 0 Å². The number of amides is 4. The maximum Gasteiger partial charge on any atom is 0.328 e. The smallest absolute Gasteiger partial charge is 0.328 e. The summed E-state index contributed by atoms with van der Waals surface area (Å²) in [5.74, 6) is -5.35. The number of carboxylic acids is 1. The van der Waals surface area contributed by atoms with Crippen LogP contribution < -0.4 is 27.8 Å². The van der Waals surface area contributed by atoms with Crippen LogP contribution in [0.25, 0.3) is 0 Å². The quantitative estimate of drug-likeness (QED) is 0.204. The first-order valence-corrected chi connectivity index (χ1v) is 6.35. The van der Waals surface area contributed by atoms with Gasteiger partial charge in [0, 0.05) is 0 Å². The van der Waals surface area contributed by atoms with Crippen molar-refractivity contribution in [1.82, 2.24) is 10.6 Å². The molecule has 23 heavy (non-hydrogen) atoms. The minimum atomic E-state index is -1.63. The van der Waals surface area contributed by atoms with Crippen molar-refractivity contribution in [2.75, 3.05) is 6.61 Å². The van der Waals surface area contributed by atoms with Crippen LogP contribution in [0.5, 0.6) is 0 Å². The molecule has 0 rings (SSSR count). The maximum absolute atomic E-state index is 11.9. The Labute approximate surface area is 130 Å². The van der Waals surface area contributed by atoms with E-state index in [0.717, 1.165) is 0 Å². The molecule has 3 atom stereocenters. The SMILES string of the molecule is NC(=O)C[C@H](NC(=O)[C@@H](N)CC(N)=O)C(=O)N[C@@H](CO)C(=O)O. The first-order valence-electron chi connectivity index (χ1n) is 6.35. The third-order valence-corrected chi connectivity index (χ3v) is 2.59. The predicted molar refractivity (Wildman–Crippen MR) is 74.2 cm³/mol. The van der Waals surface area contributed by atoms with Crippen molar-refractivity contribution in [3.05, 3.63) is 0 Å². The Balaban J connectivity index is 4.96. The topological polar surface area (TPSA) is 228 Å². The summed E-state index contributed by atoms with van der Waals surface area (Å²) in [6.45, 7) is -0.903. The van der Waals surface area contributed by atoms with E-state index in [2.05, 4.69) is 5.32 Å². The number of carboxylic acid groups (broad SMARTS) is 1. The number of hydrogen-bond donors (Lipinski definition) is 7. The van der Waals surface area contributed by atoms with Crippen LogP contribution in [-0.2, 0) is 24.0 Å². The molecule has 0 saturated heterocycles. The van der Waals surface area contributed by atoms with Gasteiger partial charge in [0.05, 0.1) is 25.5 Å². The first-order chi connectivity index (χ1) is 10.6. The van der Waals surface area contributed by atoms with E-state index in [-0.39, 0.29) is 0 Å².